The average molecular weight is 417 g/mol. The lowest BCUT2D eigenvalue weighted by Gasteiger charge is -2.36. The first-order valence-corrected chi connectivity index (χ1v) is 9.89. The van der Waals surface area contributed by atoms with Crippen molar-refractivity contribution >= 4 is 34.8 Å². The Labute approximate surface area is 175 Å². The van der Waals surface area contributed by atoms with Crippen molar-refractivity contribution in [2.24, 2.45) is 0 Å². The van der Waals surface area contributed by atoms with Crippen molar-refractivity contribution in [1.82, 2.24) is 10.2 Å². The van der Waals surface area contributed by atoms with Gasteiger partial charge in [-0.2, -0.15) is 0 Å². The van der Waals surface area contributed by atoms with E-state index < -0.39 is 11.8 Å². The van der Waals surface area contributed by atoms with Crippen LogP contribution >= 0.6 is 11.6 Å². The van der Waals surface area contributed by atoms with Crippen LogP contribution in [0.1, 0.15) is 0 Å². The van der Waals surface area contributed by atoms with Gasteiger partial charge in [0.15, 0.2) is 0 Å². The number of nitrogens with one attached hydrogen (secondary N) is 2. The predicted octanol–water partition coefficient (Wildman–Crippen LogP) is 2.23. The van der Waals surface area contributed by atoms with Crippen molar-refractivity contribution in [2.75, 3.05) is 56.6 Å². The summed E-state index contributed by atoms with van der Waals surface area (Å²) < 4.78 is 5.20. The summed E-state index contributed by atoms with van der Waals surface area (Å²) in [6.07, 6.45) is 0. The second-order valence-corrected chi connectivity index (χ2v) is 7.12. The number of piperazine rings is 1. The van der Waals surface area contributed by atoms with E-state index in [0.29, 0.717) is 23.8 Å². The third-order valence-electron chi connectivity index (χ3n) is 4.85. The van der Waals surface area contributed by atoms with Crippen LogP contribution in [0, 0.1) is 0 Å². The summed E-state index contributed by atoms with van der Waals surface area (Å²) in [7, 11) is 1.66. The highest BCUT2D eigenvalue weighted by Gasteiger charge is 2.18. The van der Waals surface area contributed by atoms with Crippen LogP contribution in [0.3, 0.4) is 0 Å². The molecule has 3 rings (SSSR count). The summed E-state index contributed by atoms with van der Waals surface area (Å²) in [5, 5.41) is 5.57. The van der Waals surface area contributed by atoms with Gasteiger partial charge < -0.3 is 20.3 Å². The summed E-state index contributed by atoms with van der Waals surface area (Å²) in [4.78, 5) is 28.6. The summed E-state index contributed by atoms with van der Waals surface area (Å²) >= 11 is 5.99. The third kappa shape index (κ3) is 5.85. The van der Waals surface area contributed by atoms with E-state index in [0.717, 1.165) is 31.9 Å². The SMILES string of the molecule is COc1ccc(N2CCN(CCNC(=O)C(=O)Nc3ccccc3Cl)CC2)cc1. The van der Waals surface area contributed by atoms with Gasteiger partial charge in [0.1, 0.15) is 5.75 Å². The Morgan fingerprint density at radius 3 is 2.34 bits per heavy atom. The number of carbonyl (C=O) groups is 2. The van der Waals surface area contributed by atoms with Crippen molar-refractivity contribution in [3.63, 3.8) is 0 Å². The maximum Gasteiger partial charge on any atom is 0.313 e. The number of anilines is 2. The van der Waals surface area contributed by atoms with E-state index in [4.69, 9.17) is 16.3 Å². The monoisotopic (exact) mass is 416 g/mol. The molecule has 1 fully saturated rings. The van der Waals surface area contributed by atoms with Gasteiger partial charge in [-0.1, -0.05) is 23.7 Å². The number of amides is 2. The Morgan fingerprint density at radius 1 is 1.00 bits per heavy atom. The number of ether oxygens (including phenoxy) is 1. The predicted molar refractivity (Wildman–Crippen MR) is 115 cm³/mol. The molecule has 1 aliphatic heterocycles. The van der Waals surface area contributed by atoms with Crippen molar-refractivity contribution in [3.8, 4) is 5.75 Å². The Balaban J connectivity index is 1.37. The van der Waals surface area contributed by atoms with Crippen LogP contribution in [0.2, 0.25) is 5.02 Å². The minimum absolute atomic E-state index is 0.392. The maximum atomic E-state index is 12.0. The molecule has 8 heteroatoms. The smallest absolute Gasteiger partial charge is 0.313 e. The number of para-hydroxylation sites is 1. The van der Waals surface area contributed by atoms with E-state index >= 15 is 0 Å². The molecule has 1 aliphatic rings. The number of halogens is 1. The number of rotatable bonds is 6. The first-order valence-electron chi connectivity index (χ1n) is 9.52. The minimum atomic E-state index is -0.720. The average Bonchev–Trinajstić information content (AvgIpc) is 2.76. The van der Waals surface area contributed by atoms with Crippen LogP contribution in [0.5, 0.6) is 5.75 Å². The lowest BCUT2D eigenvalue weighted by Crippen LogP contribution is -2.49. The highest BCUT2D eigenvalue weighted by Crippen LogP contribution is 2.21. The molecule has 0 radical (unpaired) electrons. The summed E-state index contributed by atoms with van der Waals surface area (Å²) in [6, 6.07) is 14.8. The lowest BCUT2D eigenvalue weighted by molar-refractivity contribution is -0.136. The van der Waals surface area contributed by atoms with Crippen LogP contribution in [-0.4, -0.2) is 63.1 Å². The molecule has 1 heterocycles. The molecule has 0 bridgehead atoms. The topological polar surface area (TPSA) is 73.9 Å². The first kappa shape index (κ1) is 21.0. The van der Waals surface area contributed by atoms with Crippen LogP contribution < -0.4 is 20.3 Å². The van der Waals surface area contributed by atoms with Crippen molar-refractivity contribution in [2.45, 2.75) is 0 Å². The number of benzene rings is 2. The van der Waals surface area contributed by atoms with E-state index in [1.54, 1.807) is 31.4 Å². The van der Waals surface area contributed by atoms with Crippen LogP contribution in [-0.2, 0) is 9.59 Å². The molecule has 2 amide bonds. The second kappa shape index (κ2) is 10.1. The van der Waals surface area contributed by atoms with Gasteiger partial charge in [0.05, 0.1) is 17.8 Å². The molecule has 29 heavy (non-hydrogen) atoms. The standard InChI is InChI=1S/C21H25ClN4O3/c1-29-17-8-6-16(7-9-17)26-14-12-25(13-15-26)11-10-23-20(27)21(28)24-19-5-3-2-4-18(19)22/h2-9H,10-15H2,1H3,(H,23,27)(H,24,28). The zero-order chi connectivity index (χ0) is 20.6. The van der Waals surface area contributed by atoms with Gasteiger partial charge in [0.2, 0.25) is 0 Å². The fraction of sp³-hybridized carbons (Fsp3) is 0.333. The highest BCUT2D eigenvalue weighted by atomic mass is 35.5. The van der Waals surface area contributed by atoms with Gasteiger partial charge >= 0.3 is 11.8 Å². The second-order valence-electron chi connectivity index (χ2n) is 6.72. The molecule has 2 N–H and O–H groups in total. The minimum Gasteiger partial charge on any atom is -0.497 e. The maximum absolute atomic E-state index is 12.0. The van der Waals surface area contributed by atoms with Gasteiger partial charge in [0, 0.05) is 45.0 Å². The number of nitrogens with zero attached hydrogens (tertiary/aromatic N) is 2. The van der Waals surface area contributed by atoms with E-state index in [1.165, 1.54) is 5.69 Å². The molecule has 2 aromatic carbocycles. The molecule has 2 aromatic rings. The van der Waals surface area contributed by atoms with Gasteiger partial charge in [-0.05, 0) is 36.4 Å². The zero-order valence-electron chi connectivity index (χ0n) is 16.4. The fourth-order valence-electron chi connectivity index (χ4n) is 3.17. The van der Waals surface area contributed by atoms with Gasteiger partial charge in [-0.25, -0.2) is 0 Å². The number of methoxy groups -OCH3 is 1. The van der Waals surface area contributed by atoms with Gasteiger partial charge in [-0.15, -0.1) is 0 Å². The molecule has 7 nitrogen and oxygen atoms in total. The molecular weight excluding hydrogens is 392 g/mol. The van der Waals surface area contributed by atoms with E-state index in [1.807, 2.05) is 12.1 Å². The van der Waals surface area contributed by atoms with Crippen LogP contribution in [0.15, 0.2) is 48.5 Å². The van der Waals surface area contributed by atoms with E-state index in [2.05, 4.69) is 32.6 Å². The van der Waals surface area contributed by atoms with Crippen molar-refractivity contribution in [3.05, 3.63) is 53.6 Å². The Hall–Kier alpha value is -2.77. The largest absolute Gasteiger partial charge is 0.497 e. The molecule has 0 aliphatic carbocycles. The molecule has 0 spiro atoms. The van der Waals surface area contributed by atoms with Gasteiger partial charge in [0.25, 0.3) is 0 Å². The summed E-state index contributed by atoms with van der Waals surface area (Å²) in [5.74, 6) is -0.536. The first-order chi connectivity index (χ1) is 14.1. The molecule has 1 saturated heterocycles. The molecule has 0 atom stereocenters. The normalized spacial score (nSPS) is 14.3. The quantitative estimate of drug-likeness (QED) is 0.706. The Bertz CT molecular complexity index is 836. The van der Waals surface area contributed by atoms with E-state index in [9.17, 15) is 9.59 Å². The number of carbonyl (C=O) groups excluding carboxylic acids is 2. The molecule has 0 unspecified atom stereocenters. The van der Waals surface area contributed by atoms with Gasteiger partial charge in [-0.3, -0.25) is 14.5 Å². The fourth-order valence-corrected chi connectivity index (χ4v) is 3.36. The van der Waals surface area contributed by atoms with Crippen molar-refractivity contribution < 1.29 is 14.3 Å². The molecule has 0 saturated carbocycles. The number of hydrogen-bond acceptors (Lipinski definition) is 5. The number of hydrogen-bond donors (Lipinski definition) is 2. The Kier molecular flexibility index (Phi) is 7.32. The Morgan fingerprint density at radius 2 is 1.69 bits per heavy atom. The third-order valence-corrected chi connectivity index (χ3v) is 5.18. The highest BCUT2D eigenvalue weighted by molar-refractivity contribution is 6.41. The summed E-state index contributed by atoms with van der Waals surface area (Å²) in [5.41, 5.74) is 1.60. The molecular formula is C21H25ClN4O3. The van der Waals surface area contributed by atoms with E-state index in [-0.39, 0.29) is 0 Å². The van der Waals surface area contributed by atoms with Crippen molar-refractivity contribution in [1.29, 1.82) is 0 Å². The van der Waals surface area contributed by atoms with Crippen LogP contribution in [0.4, 0.5) is 11.4 Å². The molecule has 0 aromatic heterocycles. The summed E-state index contributed by atoms with van der Waals surface area (Å²) in [6.45, 7) is 4.72. The zero-order valence-corrected chi connectivity index (χ0v) is 17.1. The van der Waals surface area contributed by atoms with Crippen LogP contribution in [0.25, 0.3) is 0 Å². The molecule has 154 valence electrons. The lowest BCUT2D eigenvalue weighted by atomic mass is 10.2.